The molecule has 0 aliphatic heterocycles. The summed E-state index contributed by atoms with van der Waals surface area (Å²) in [7, 11) is -1.22. The number of H-pyrrole nitrogens is 1. The van der Waals surface area contributed by atoms with Gasteiger partial charge in [-0.25, -0.2) is 9.78 Å². The molecule has 5 rings (SSSR count). The van der Waals surface area contributed by atoms with E-state index in [-0.39, 0.29) is 18.2 Å². The van der Waals surface area contributed by atoms with Crippen LogP contribution in [0, 0.1) is 0 Å². The number of aromatic nitrogens is 4. The number of nitrogens with zero attached hydrogens (tertiary/aromatic N) is 4. The minimum absolute atomic E-state index is 0.0820. The van der Waals surface area contributed by atoms with Crippen LogP contribution in [-0.2, 0) is 16.0 Å². The van der Waals surface area contributed by atoms with Gasteiger partial charge >= 0.3 is 6.09 Å². The standard InChI is InChI=1S/C33H47N7O3SSi/c1-33(2,3)43-32(41)36-25-10-12-27(13-11-25)40(22-42-15-17-45(4,5)6)31-35-20-28-29(38-39-30(28)37-31)24-8-7-9-26(18-24)34-19-23-14-16-44-21-23/h7-9,14,16,18,20-21,25,27,34H,10-13,15,17,19,22H2,1-6H3,(H,36,41)(H,35,37,38,39). The van der Waals surface area contributed by atoms with Gasteiger partial charge < -0.3 is 25.0 Å². The van der Waals surface area contributed by atoms with E-state index in [0.717, 1.165) is 60.6 Å². The van der Waals surface area contributed by atoms with Crippen molar-refractivity contribution in [2.75, 3.05) is 23.6 Å². The smallest absolute Gasteiger partial charge is 0.407 e. The van der Waals surface area contributed by atoms with E-state index in [1.54, 1.807) is 11.3 Å². The van der Waals surface area contributed by atoms with Gasteiger partial charge in [0.25, 0.3) is 0 Å². The third-order valence-corrected chi connectivity index (χ3v) is 10.3. The fourth-order valence-corrected chi connectivity index (χ4v) is 6.83. The molecule has 0 radical (unpaired) electrons. The Morgan fingerprint density at radius 3 is 2.67 bits per heavy atom. The van der Waals surface area contributed by atoms with E-state index < -0.39 is 13.7 Å². The molecular weight excluding hydrogens is 603 g/mol. The van der Waals surface area contributed by atoms with Crippen molar-refractivity contribution in [3.8, 4) is 11.3 Å². The van der Waals surface area contributed by atoms with Gasteiger partial charge in [0.15, 0.2) is 5.65 Å². The van der Waals surface area contributed by atoms with Crippen LogP contribution in [0.2, 0.25) is 25.7 Å². The molecule has 1 aromatic carbocycles. The number of carbonyl (C=O) groups is 1. The number of aromatic amines is 1. The normalized spacial score (nSPS) is 17.3. The van der Waals surface area contributed by atoms with Gasteiger partial charge in [0.05, 0.1) is 11.1 Å². The Hall–Kier alpha value is -3.48. The Labute approximate surface area is 271 Å². The van der Waals surface area contributed by atoms with E-state index in [9.17, 15) is 4.79 Å². The largest absolute Gasteiger partial charge is 0.444 e. The lowest BCUT2D eigenvalue weighted by Gasteiger charge is -2.37. The fraction of sp³-hybridized carbons (Fsp3) is 0.515. The summed E-state index contributed by atoms with van der Waals surface area (Å²) in [6, 6.07) is 11.8. The van der Waals surface area contributed by atoms with Crippen LogP contribution in [-0.4, -0.2) is 65.4 Å². The second-order valence-electron chi connectivity index (χ2n) is 14.0. The highest BCUT2D eigenvalue weighted by molar-refractivity contribution is 7.07. The Bertz CT molecular complexity index is 1540. The van der Waals surface area contributed by atoms with Crippen molar-refractivity contribution < 1.29 is 14.3 Å². The van der Waals surface area contributed by atoms with Crippen molar-refractivity contribution in [3.05, 3.63) is 52.9 Å². The van der Waals surface area contributed by atoms with Crippen molar-refractivity contribution in [1.82, 2.24) is 25.5 Å². The third-order valence-electron chi connectivity index (χ3n) is 7.87. The zero-order chi connectivity index (χ0) is 32.0. The number of rotatable bonds is 12. The maximum atomic E-state index is 12.4. The summed E-state index contributed by atoms with van der Waals surface area (Å²) in [5.41, 5.74) is 4.32. The second kappa shape index (κ2) is 14.3. The summed E-state index contributed by atoms with van der Waals surface area (Å²) in [6.45, 7) is 14.6. The molecule has 1 amide bonds. The lowest BCUT2D eigenvalue weighted by molar-refractivity contribution is 0.0488. The Kier molecular flexibility index (Phi) is 10.5. The lowest BCUT2D eigenvalue weighted by atomic mass is 9.90. The quantitative estimate of drug-likeness (QED) is 0.0814. The van der Waals surface area contributed by atoms with Crippen molar-refractivity contribution in [2.24, 2.45) is 0 Å². The van der Waals surface area contributed by atoms with Crippen LogP contribution >= 0.6 is 11.3 Å². The highest BCUT2D eigenvalue weighted by Gasteiger charge is 2.30. The molecule has 4 aromatic rings. The van der Waals surface area contributed by atoms with Gasteiger partial charge in [-0.2, -0.15) is 21.4 Å². The number of hydrogen-bond donors (Lipinski definition) is 3. The maximum Gasteiger partial charge on any atom is 0.407 e. The van der Waals surface area contributed by atoms with Gasteiger partial charge in [0.1, 0.15) is 12.3 Å². The van der Waals surface area contributed by atoms with Crippen molar-refractivity contribution in [2.45, 2.75) is 96.4 Å². The second-order valence-corrected chi connectivity index (χ2v) is 20.4. The summed E-state index contributed by atoms with van der Waals surface area (Å²) < 4.78 is 11.7. The van der Waals surface area contributed by atoms with Crippen LogP contribution in [0.5, 0.6) is 0 Å². The zero-order valence-corrected chi connectivity index (χ0v) is 29.2. The maximum absolute atomic E-state index is 12.4. The molecule has 1 aliphatic rings. The minimum Gasteiger partial charge on any atom is -0.444 e. The Morgan fingerprint density at radius 2 is 1.96 bits per heavy atom. The van der Waals surface area contributed by atoms with Gasteiger partial charge in [-0.3, -0.25) is 5.10 Å². The van der Waals surface area contributed by atoms with Crippen LogP contribution in [0.4, 0.5) is 16.4 Å². The summed E-state index contributed by atoms with van der Waals surface area (Å²) in [4.78, 5) is 24.3. The van der Waals surface area contributed by atoms with Crippen LogP contribution in [0.3, 0.4) is 0 Å². The monoisotopic (exact) mass is 649 g/mol. The van der Waals surface area contributed by atoms with E-state index in [4.69, 9.17) is 19.4 Å². The first-order valence-corrected chi connectivity index (χ1v) is 20.5. The van der Waals surface area contributed by atoms with Crippen molar-refractivity contribution >= 4 is 48.2 Å². The van der Waals surface area contributed by atoms with E-state index in [1.165, 1.54) is 5.56 Å². The Morgan fingerprint density at radius 1 is 1.16 bits per heavy atom. The van der Waals surface area contributed by atoms with E-state index >= 15 is 0 Å². The van der Waals surface area contributed by atoms with Crippen LogP contribution in [0.15, 0.2) is 47.3 Å². The molecule has 10 nitrogen and oxygen atoms in total. The molecule has 242 valence electrons. The summed E-state index contributed by atoms with van der Waals surface area (Å²) in [5, 5.41) is 19.5. The zero-order valence-electron chi connectivity index (χ0n) is 27.4. The van der Waals surface area contributed by atoms with Crippen LogP contribution < -0.4 is 15.5 Å². The highest BCUT2D eigenvalue weighted by atomic mass is 32.1. The van der Waals surface area contributed by atoms with E-state index in [1.807, 2.05) is 33.0 Å². The molecule has 45 heavy (non-hydrogen) atoms. The molecule has 1 saturated carbocycles. The number of amides is 1. The third kappa shape index (κ3) is 9.51. The molecule has 3 N–H and O–H groups in total. The number of nitrogens with one attached hydrogen (secondary N) is 3. The first kappa shape index (κ1) is 32.9. The van der Waals surface area contributed by atoms with Crippen LogP contribution in [0.1, 0.15) is 52.0 Å². The van der Waals surface area contributed by atoms with Gasteiger partial charge in [0.2, 0.25) is 5.95 Å². The summed E-state index contributed by atoms with van der Waals surface area (Å²) in [6.07, 6.45) is 4.98. The van der Waals surface area contributed by atoms with Crippen molar-refractivity contribution in [3.63, 3.8) is 0 Å². The number of benzene rings is 1. The molecular formula is C33H47N7O3SSi. The van der Waals surface area contributed by atoms with Crippen molar-refractivity contribution in [1.29, 1.82) is 0 Å². The van der Waals surface area contributed by atoms with Gasteiger partial charge in [-0.1, -0.05) is 31.8 Å². The molecule has 0 bridgehead atoms. The average molecular weight is 650 g/mol. The number of carbonyl (C=O) groups excluding carboxylic acids is 1. The predicted molar refractivity (Wildman–Crippen MR) is 186 cm³/mol. The number of alkyl carbamates (subject to hydrolysis) is 1. The number of anilines is 2. The Balaban J connectivity index is 1.30. The minimum atomic E-state index is -1.22. The number of thiophene rings is 1. The van der Waals surface area contributed by atoms with Crippen LogP contribution in [0.25, 0.3) is 22.3 Å². The number of hydrogen-bond acceptors (Lipinski definition) is 9. The molecule has 0 spiro atoms. The lowest BCUT2D eigenvalue weighted by Crippen LogP contribution is -2.46. The highest BCUT2D eigenvalue weighted by Crippen LogP contribution is 2.30. The topological polar surface area (TPSA) is 117 Å². The first-order valence-electron chi connectivity index (χ1n) is 15.8. The molecule has 3 heterocycles. The molecule has 12 heteroatoms. The summed E-state index contributed by atoms with van der Waals surface area (Å²) in [5.74, 6) is 0.614. The molecule has 0 saturated heterocycles. The fourth-order valence-electron chi connectivity index (χ4n) is 5.41. The average Bonchev–Trinajstić information content (AvgIpc) is 3.65. The number of ether oxygens (including phenoxy) is 2. The van der Waals surface area contributed by atoms with Gasteiger partial charge in [-0.05, 0) is 87.0 Å². The SMILES string of the molecule is CC(C)(C)OC(=O)NC1CCC(N(COCC[Si](C)(C)C)c2ncc3c(-c4cccc(NCc5ccsc5)c4)[nH]nc3n2)CC1. The molecule has 3 aromatic heterocycles. The van der Waals surface area contributed by atoms with E-state index in [0.29, 0.717) is 24.9 Å². The molecule has 0 unspecified atom stereocenters. The first-order chi connectivity index (χ1) is 21.4. The van der Waals surface area contributed by atoms with Gasteiger partial charge in [0, 0.05) is 50.8 Å². The van der Waals surface area contributed by atoms with Gasteiger partial charge in [-0.15, -0.1) is 0 Å². The molecule has 0 atom stereocenters. The predicted octanol–water partition coefficient (Wildman–Crippen LogP) is 7.65. The molecule has 1 fully saturated rings. The van der Waals surface area contributed by atoms with E-state index in [2.05, 4.69) is 80.4 Å². The summed E-state index contributed by atoms with van der Waals surface area (Å²) >= 11 is 1.70. The number of fused-ring (bicyclic) bond motifs is 1. The molecule has 1 aliphatic carbocycles.